The van der Waals surface area contributed by atoms with E-state index in [2.05, 4.69) is 22.8 Å². The Balaban J connectivity index is 1.65. The van der Waals surface area contributed by atoms with Crippen LogP contribution in [-0.4, -0.2) is 30.4 Å². The van der Waals surface area contributed by atoms with Gasteiger partial charge in [-0.05, 0) is 36.1 Å². The number of aromatic nitrogens is 1. The zero-order valence-electron chi connectivity index (χ0n) is 13.9. The summed E-state index contributed by atoms with van der Waals surface area (Å²) in [6, 6.07) is 17.0. The molecule has 2 heterocycles. The average Bonchev–Trinajstić information content (AvgIpc) is 3.21. The highest BCUT2D eigenvalue weighted by Crippen LogP contribution is 2.35. The van der Waals surface area contributed by atoms with E-state index in [-0.39, 0.29) is 15.8 Å². The maximum atomic E-state index is 12.9. The number of fused-ring (bicyclic) bond motifs is 1. The minimum absolute atomic E-state index is 0.189. The second-order valence-electron chi connectivity index (χ2n) is 6.47. The lowest BCUT2D eigenvalue weighted by atomic mass is 10.1. The van der Waals surface area contributed by atoms with E-state index in [9.17, 15) is 8.42 Å². The molecule has 130 valence electrons. The van der Waals surface area contributed by atoms with Gasteiger partial charge in [0.2, 0.25) is 10.0 Å². The Morgan fingerprint density at radius 2 is 1.80 bits per heavy atom. The molecule has 0 radical (unpaired) electrons. The molecule has 25 heavy (non-hydrogen) atoms. The fourth-order valence-corrected chi connectivity index (χ4v) is 5.68. The molecule has 1 saturated heterocycles. The number of benzene rings is 2. The predicted octanol–water partition coefficient (Wildman–Crippen LogP) is 4.01. The maximum Gasteiger partial charge on any atom is 0.244 e. The average molecular weight is 375 g/mol. The van der Waals surface area contributed by atoms with E-state index in [1.165, 1.54) is 16.6 Å². The van der Waals surface area contributed by atoms with Crippen molar-refractivity contribution in [3.63, 3.8) is 0 Å². The lowest BCUT2D eigenvalue weighted by Gasteiger charge is -2.18. The molecule has 1 aliphatic heterocycles. The van der Waals surface area contributed by atoms with Crippen LogP contribution in [0.3, 0.4) is 0 Å². The number of nitrogens with zero attached hydrogens (tertiary/aromatic N) is 2. The molecule has 0 amide bonds. The van der Waals surface area contributed by atoms with Crippen LogP contribution in [-0.2, 0) is 17.1 Å². The van der Waals surface area contributed by atoms with E-state index in [1.54, 1.807) is 28.6 Å². The summed E-state index contributed by atoms with van der Waals surface area (Å²) in [6.07, 6.45) is 0.813. The quantitative estimate of drug-likeness (QED) is 0.695. The Morgan fingerprint density at radius 3 is 2.56 bits per heavy atom. The van der Waals surface area contributed by atoms with Crippen molar-refractivity contribution in [3.05, 3.63) is 65.3 Å². The monoisotopic (exact) mass is 374 g/mol. The molecule has 1 aromatic heterocycles. The molecule has 1 unspecified atom stereocenters. The van der Waals surface area contributed by atoms with Crippen molar-refractivity contribution < 1.29 is 8.42 Å². The molecule has 0 spiro atoms. The maximum absolute atomic E-state index is 12.9. The molecule has 1 aliphatic rings. The van der Waals surface area contributed by atoms with E-state index in [0.717, 1.165) is 6.42 Å². The van der Waals surface area contributed by atoms with Gasteiger partial charge < -0.3 is 4.57 Å². The largest absolute Gasteiger partial charge is 0.347 e. The van der Waals surface area contributed by atoms with Crippen molar-refractivity contribution in [1.29, 1.82) is 0 Å². The Hall–Kier alpha value is -1.82. The molecule has 3 aromatic rings. The molecule has 0 N–H and O–H groups in total. The number of halogens is 1. The molecular formula is C19H19ClN2O2S. The highest BCUT2D eigenvalue weighted by molar-refractivity contribution is 7.89. The third kappa shape index (κ3) is 2.76. The zero-order valence-corrected chi connectivity index (χ0v) is 15.5. The van der Waals surface area contributed by atoms with Crippen LogP contribution in [0, 0.1) is 0 Å². The van der Waals surface area contributed by atoms with Gasteiger partial charge in [-0.2, -0.15) is 4.31 Å². The summed E-state index contributed by atoms with van der Waals surface area (Å²) in [5, 5.41) is 1.46. The van der Waals surface area contributed by atoms with Gasteiger partial charge in [-0.15, -0.1) is 0 Å². The van der Waals surface area contributed by atoms with E-state index >= 15 is 0 Å². The molecule has 6 heteroatoms. The normalized spacial score (nSPS) is 18.9. The first-order chi connectivity index (χ1) is 12.0. The second-order valence-corrected chi connectivity index (χ2v) is 8.78. The Labute approximate surface area is 152 Å². The standard InChI is InChI=1S/C19H19ClN2O2S/c1-21-17-8-4-2-6-14(17)12-18(21)15-10-11-22(13-15)25(23,24)19-9-5-3-7-16(19)20/h2-9,12,15H,10-11,13H2,1H3. The SMILES string of the molecule is Cn1c(C2CCN(S(=O)(=O)c3ccccc3Cl)C2)cc2ccccc21. The Bertz CT molecular complexity index is 1040. The number of hydrogen-bond donors (Lipinski definition) is 0. The summed E-state index contributed by atoms with van der Waals surface area (Å²) < 4.78 is 29.6. The molecule has 0 bridgehead atoms. The first-order valence-corrected chi connectivity index (χ1v) is 10.1. The van der Waals surface area contributed by atoms with Crippen LogP contribution in [0.25, 0.3) is 10.9 Å². The van der Waals surface area contributed by atoms with Crippen molar-refractivity contribution >= 4 is 32.5 Å². The second kappa shape index (κ2) is 6.16. The number of para-hydroxylation sites is 1. The van der Waals surface area contributed by atoms with E-state index < -0.39 is 10.0 Å². The van der Waals surface area contributed by atoms with E-state index in [4.69, 9.17) is 11.6 Å². The van der Waals surface area contributed by atoms with Crippen LogP contribution in [0.15, 0.2) is 59.5 Å². The lowest BCUT2D eigenvalue weighted by molar-refractivity contribution is 0.471. The number of rotatable bonds is 3. The highest BCUT2D eigenvalue weighted by atomic mass is 35.5. The third-order valence-corrected chi connectivity index (χ3v) is 7.38. The van der Waals surface area contributed by atoms with Crippen LogP contribution < -0.4 is 0 Å². The summed E-state index contributed by atoms with van der Waals surface area (Å²) in [4.78, 5) is 0.189. The molecule has 4 rings (SSSR count). The summed E-state index contributed by atoms with van der Waals surface area (Å²) in [6.45, 7) is 0.997. The van der Waals surface area contributed by atoms with Gasteiger partial charge in [-0.1, -0.05) is 41.9 Å². The fourth-order valence-electron chi connectivity index (χ4n) is 3.68. The molecule has 1 atom stereocenters. The van der Waals surface area contributed by atoms with Crippen molar-refractivity contribution in [2.24, 2.45) is 7.05 Å². The van der Waals surface area contributed by atoms with Crippen molar-refractivity contribution in [2.75, 3.05) is 13.1 Å². The Kier molecular flexibility index (Phi) is 4.10. The first-order valence-electron chi connectivity index (χ1n) is 8.27. The summed E-state index contributed by atoms with van der Waals surface area (Å²) in [5.41, 5.74) is 2.35. The predicted molar refractivity (Wildman–Crippen MR) is 100 cm³/mol. The van der Waals surface area contributed by atoms with Gasteiger partial charge in [0, 0.05) is 37.3 Å². The topological polar surface area (TPSA) is 42.3 Å². The summed E-state index contributed by atoms with van der Waals surface area (Å²) in [7, 11) is -1.52. The molecule has 0 saturated carbocycles. The smallest absolute Gasteiger partial charge is 0.244 e. The van der Waals surface area contributed by atoms with Gasteiger partial charge in [0.25, 0.3) is 0 Å². The summed E-state index contributed by atoms with van der Waals surface area (Å²) in [5.74, 6) is 0.190. The van der Waals surface area contributed by atoms with Gasteiger partial charge in [0.1, 0.15) is 4.90 Å². The molecule has 1 fully saturated rings. The minimum Gasteiger partial charge on any atom is -0.347 e. The minimum atomic E-state index is -3.56. The van der Waals surface area contributed by atoms with Crippen molar-refractivity contribution in [2.45, 2.75) is 17.2 Å². The number of hydrogen-bond acceptors (Lipinski definition) is 2. The van der Waals surface area contributed by atoms with Gasteiger partial charge in [-0.25, -0.2) is 8.42 Å². The molecular weight excluding hydrogens is 356 g/mol. The van der Waals surface area contributed by atoms with Gasteiger partial charge in [-0.3, -0.25) is 0 Å². The number of sulfonamides is 1. The highest BCUT2D eigenvalue weighted by Gasteiger charge is 2.35. The van der Waals surface area contributed by atoms with Gasteiger partial charge in [0.15, 0.2) is 0 Å². The zero-order chi connectivity index (χ0) is 17.6. The number of aryl methyl sites for hydroxylation is 1. The van der Waals surface area contributed by atoms with Crippen LogP contribution in [0.5, 0.6) is 0 Å². The van der Waals surface area contributed by atoms with Crippen molar-refractivity contribution in [1.82, 2.24) is 8.87 Å². The third-order valence-electron chi connectivity index (χ3n) is 5.01. The van der Waals surface area contributed by atoms with Crippen LogP contribution >= 0.6 is 11.6 Å². The van der Waals surface area contributed by atoms with Crippen LogP contribution in [0.2, 0.25) is 5.02 Å². The van der Waals surface area contributed by atoms with Gasteiger partial charge >= 0.3 is 0 Å². The summed E-state index contributed by atoms with van der Waals surface area (Å²) >= 11 is 6.11. The van der Waals surface area contributed by atoms with Crippen LogP contribution in [0.1, 0.15) is 18.0 Å². The molecule has 2 aromatic carbocycles. The molecule has 0 aliphatic carbocycles. The van der Waals surface area contributed by atoms with Crippen molar-refractivity contribution in [3.8, 4) is 0 Å². The first kappa shape index (κ1) is 16.6. The Morgan fingerprint density at radius 1 is 1.08 bits per heavy atom. The molecule has 4 nitrogen and oxygen atoms in total. The fraction of sp³-hybridized carbons (Fsp3) is 0.263. The lowest BCUT2D eigenvalue weighted by Crippen LogP contribution is -2.29. The van der Waals surface area contributed by atoms with E-state index in [0.29, 0.717) is 13.1 Å². The van der Waals surface area contributed by atoms with Crippen LogP contribution in [0.4, 0.5) is 0 Å². The van der Waals surface area contributed by atoms with E-state index in [1.807, 2.05) is 19.2 Å². The van der Waals surface area contributed by atoms with Gasteiger partial charge in [0.05, 0.1) is 5.02 Å².